The van der Waals surface area contributed by atoms with E-state index in [0.717, 1.165) is 25.3 Å². The molecule has 0 radical (unpaired) electrons. The molecule has 0 aliphatic carbocycles. The molecule has 23 heavy (non-hydrogen) atoms. The zero-order valence-corrected chi connectivity index (χ0v) is 14.8. The predicted molar refractivity (Wildman–Crippen MR) is 98.0 cm³/mol. The first kappa shape index (κ1) is 17.6. The lowest BCUT2D eigenvalue weighted by Crippen LogP contribution is -2.27. The molecule has 0 saturated heterocycles. The Bertz CT molecular complexity index is 581. The Morgan fingerprint density at radius 1 is 1.04 bits per heavy atom. The summed E-state index contributed by atoms with van der Waals surface area (Å²) >= 11 is 0. The third-order valence-electron chi connectivity index (χ3n) is 4.54. The normalized spacial score (nSPS) is 13.8. The SMILES string of the molecule is CCC(c1cccc(OC)c1)C(C)CN(C)Cc1ccccc1. The van der Waals surface area contributed by atoms with Crippen LogP contribution in [0.2, 0.25) is 0 Å². The van der Waals surface area contributed by atoms with Gasteiger partial charge in [0, 0.05) is 13.1 Å². The first-order valence-electron chi connectivity index (χ1n) is 8.50. The molecule has 0 aliphatic rings. The zero-order chi connectivity index (χ0) is 16.7. The van der Waals surface area contributed by atoms with Crippen LogP contribution in [-0.2, 0) is 6.54 Å². The van der Waals surface area contributed by atoms with Crippen molar-refractivity contribution in [2.75, 3.05) is 20.7 Å². The molecule has 124 valence electrons. The maximum absolute atomic E-state index is 5.38. The van der Waals surface area contributed by atoms with Crippen molar-refractivity contribution in [1.29, 1.82) is 0 Å². The molecule has 0 N–H and O–H groups in total. The molecule has 0 amide bonds. The molecule has 0 fully saturated rings. The number of ether oxygens (including phenoxy) is 1. The minimum atomic E-state index is 0.559. The second kappa shape index (κ2) is 8.73. The van der Waals surface area contributed by atoms with Crippen LogP contribution in [-0.4, -0.2) is 25.6 Å². The molecule has 2 atom stereocenters. The summed E-state index contributed by atoms with van der Waals surface area (Å²) in [5.74, 6) is 2.11. The third kappa shape index (κ3) is 5.11. The molecule has 2 aromatic carbocycles. The minimum absolute atomic E-state index is 0.559. The Labute approximate surface area is 141 Å². The molecule has 2 rings (SSSR count). The van der Waals surface area contributed by atoms with E-state index in [4.69, 9.17) is 4.74 Å². The molecule has 0 saturated carbocycles. The van der Waals surface area contributed by atoms with E-state index in [9.17, 15) is 0 Å². The maximum Gasteiger partial charge on any atom is 0.119 e. The lowest BCUT2D eigenvalue weighted by atomic mass is 9.84. The Morgan fingerprint density at radius 2 is 1.78 bits per heavy atom. The van der Waals surface area contributed by atoms with Gasteiger partial charge in [0.15, 0.2) is 0 Å². The van der Waals surface area contributed by atoms with Crippen molar-refractivity contribution in [3.05, 3.63) is 65.7 Å². The highest BCUT2D eigenvalue weighted by Gasteiger charge is 2.19. The average molecular weight is 311 g/mol. The molecule has 0 aliphatic heterocycles. The molecule has 2 heteroatoms. The molecule has 2 nitrogen and oxygen atoms in total. The lowest BCUT2D eigenvalue weighted by Gasteiger charge is -2.28. The van der Waals surface area contributed by atoms with E-state index in [-0.39, 0.29) is 0 Å². The maximum atomic E-state index is 5.38. The molecular formula is C21H29NO. The van der Waals surface area contributed by atoms with Gasteiger partial charge < -0.3 is 9.64 Å². The van der Waals surface area contributed by atoms with Crippen molar-refractivity contribution in [1.82, 2.24) is 4.90 Å². The quantitative estimate of drug-likeness (QED) is 0.683. The minimum Gasteiger partial charge on any atom is -0.497 e. The highest BCUT2D eigenvalue weighted by atomic mass is 16.5. The van der Waals surface area contributed by atoms with E-state index < -0.39 is 0 Å². The Hall–Kier alpha value is -1.80. The summed E-state index contributed by atoms with van der Waals surface area (Å²) < 4.78 is 5.38. The van der Waals surface area contributed by atoms with E-state index in [1.807, 2.05) is 6.07 Å². The van der Waals surface area contributed by atoms with Gasteiger partial charge in [-0.3, -0.25) is 0 Å². The van der Waals surface area contributed by atoms with Crippen LogP contribution in [0.5, 0.6) is 5.75 Å². The first-order chi connectivity index (χ1) is 11.1. The summed E-state index contributed by atoms with van der Waals surface area (Å²) in [6.07, 6.45) is 1.15. The van der Waals surface area contributed by atoms with Crippen LogP contribution in [0.15, 0.2) is 54.6 Å². The molecule has 0 aromatic heterocycles. The Kier molecular flexibility index (Phi) is 6.66. The van der Waals surface area contributed by atoms with Gasteiger partial charge in [0.05, 0.1) is 7.11 Å². The van der Waals surface area contributed by atoms with E-state index >= 15 is 0 Å². The van der Waals surface area contributed by atoms with Crippen LogP contribution in [0.1, 0.15) is 37.3 Å². The van der Waals surface area contributed by atoms with Gasteiger partial charge in [-0.1, -0.05) is 56.3 Å². The number of methoxy groups -OCH3 is 1. The lowest BCUT2D eigenvalue weighted by molar-refractivity contribution is 0.254. The Morgan fingerprint density at radius 3 is 2.43 bits per heavy atom. The summed E-state index contributed by atoms with van der Waals surface area (Å²) in [6, 6.07) is 19.2. The summed E-state index contributed by atoms with van der Waals surface area (Å²) in [4.78, 5) is 2.42. The largest absolute Gasteiger partial charge is 0.497 e. The van der Waals surface area contributed by atoms with Crippen LogP contribution in [0, 0.1) is 5.92 Å². The van der Waals surface area contributed by atoms with Gasteiger partial charge in [-0.2, -0.15) is 0 Å². The summed E-state index contributed by atoms with van der Waals surface area (Å²) in [5.41, 5.74) is 2.75. The smallest absolute Gasteiger partial charge is 0.119 e. The Balaban J connectivity index is 2.00. The van der Waals surface area contributed by atoms with Crippen molar-refractivity contribution >= 4 is 0 Å². The van der Waals surface area contributed by atoms with Crippen LogP contribution in [0.25, 0.3) is 0 Å². The fraction of sp³-hybridized carbons (Fsp3) is 0.429. The van der Waals surface area contributed by atoms with Crippen molar-refractivity contribution in [2.24, 2.45) is 5.92 Å². The predicted octanol–water partition coefficient (Wildman–Crippen LogP) is 4.96. The second-order valence-corrected chi connectivity index (χ2v) is 6.45. The molecule has 2 unspecified atom stereocenters. The second-order valence-electron chi connectivity index (χ2n) is 6.45. The standard InChI is InChI=1S/C21H29NO/c1-5-21(19-12-9-13-20(14-19)23-4)17(2)15-22(3)16-18-10-7-6-8-11-18/h6-14,17,21H,5,15-16H2,1-4H3. The van der Waals surface area contributed by atoms with E-state index in [2.05, 4.69) is 74.3 Å². The van der Waals surface area contributed by atoms with Crippen molar-refractivity contribution in [2.45, 2.75) is 32.7 Å². The molecule has 0 spiro atoms. The van der Waals surface area contributed by atoms with Crippen LogP contribution < -0.4 is 4.74 Å². The van der Waals surface area contributed by atoms with Gasteiger partial charge in [-0.15, -0.1) is 0 Å². The fourth-order valence-corrected chi connectivity index (χ4v) is 3.42. The van der Waals surface area contributed by atoms with Crippen LogP contribution >= 0.6 is 0 Å². The van der Waals surface area contributed by atoms with Crippen molar-refractivity contribution < 1.29 is 4.74 Å². The number of hydrogen-bond donors (Lipinski definition) is 0. The summed E-state index contributed by atoms with van der Waals surface area (Å²) in [6.45, 7) is 6.72. The molecular weight excluding hydrogens is 282 g/mol. The third-order valence-corrected chi connectivity index (χ3v) is 4.54. The van der Waals surface area contributed by atoms with Gasteiger partial charge >= 0.3 is 0 Å². The topological polar surface area (TPSA) is 12.5 Å². The van der Waals surface area contributed by atoms with Gasteiger partial charge in [0.2, 0.25) is 0 Å². The van der Waals surface area contributed by atoms with E-state index in [1.165, 1.54) is 11.1 Å². The summed E-state index contributed by atoms with van der Waals surface area (Å²) in [7, 11) is 3.94. The van der Waals surface area contributed by atoms with Gasteiger partial charge in [0.25, 0.3) is 0 Å². The average Bonchev–Trinajstić information content (AvgIpc) is 2.56. The molecule has 0 heterocycles. The molecule has 0 bridgehead atoms. The highest BCUT2D eigenvalue weighted by molar-refractivity contribution is 5.31. The number of nitrogens with zero attached hydrogens (tertiary/aromatic N) is 1. The van der Waals surface area contributed by atoms with Crippen molar-refractivity contribution in [3.63, 3.8) is 0 Å². The van der Waals surface area contributed by atoms with Gasteiger partial charge in [-0.05, 0) is 48.6 Å². The van der Waals surface area contributed by atoms with E-state index in [1.54, 1.807) is 7.11 Å². The zero-order valence-electron chi connectivity index (χ0n) is 14.8. The van der Waals surface area contributed by atoms with Gasteiger partial charge in [0.1, 0.15) is 5.75 Å². The van der Waals surface area contributed by atoms with Gasteiger partial charge in [-0.25, -0.2) is 0 Å². The van der Waals surface area contributed by atoms with Crippen molar-refractivity contribution in [3.8, 4) is 5.75 Å². The summed E-state index contributed by atoms with van der Waals surface area (Å²) in [5, 5.41) is 0. The van der Waals surface area contributed by atoms with E-state index in [0.29, 0.717) is 11.8 Å². The van der Waals surface area contributed by atoms with Crippen LogP contribution in [0.4, 0.5) is 0 Å². The first-order valence-corrected chi connectivity index (χ1v) is 8.50. The molecule has 2 aromatic rings. The monoisotopic (exact) mass is 311 g/mol. The number of hydrogen-bond acceptors (Lipinski definition) is 2. The highest BCUT2D eigenvalue weighted by Crippen LogP contribution is 2.30. The fourth-order valence-electron chi connectivity index (χ4n) is 3.42. The number of benzene rings is 2. The van der Waals surface area contributed by atoms with Crippen LogP contribution in [0.3, 0.4) is 0 Å². The number of rotatable bonds is 8.